The number of nitrogens with zero attached hydrogens (tertiary/aromatic N) is 1. The summed E-state index contributed by atoms with van der Waals surface area (Å²) in [6.45, 7) is 6.58. The van der Waals surface area contributed by atoms with Crippen LogP contribution < -0.4 is 10.1 Å². The van der Waals surface area contributed by atoms with Crippen LogP contribution in [0.25, 0.3) is 0 Å². The summed E-state index contributed by atoms with van der Waals surface area (Å²) in [4.78, 5) is 2.52. The molecule has 1 aromatic rings. The molecule has 2 heterocycles. The lowest BCUT2D eigenvalue weighted by Gasteiger charge is -2.28. The van der Waals surface area contributed by atoms with Crippen LogP contribution in [0.5, 0.6) is 5.75 Å². The van der Waals surface area contributed by atoms with Crippen molar-refractivity contribution in [3.05, 3.63) is 23.8 Å². The van der Waals surface area contributed by atoms with E-state index in [-0.39, 0.29) is 0 Å². The number of likely N-dealkylation sites (tertiary alicyclic amines) is 1. The van der Waals surface area contributed by atoms with Gasteiger partial charge in [-0.2, -0.15) is 0 Å². The number of benzene rings is 1. The van der Waals surface area contributed by atoms with Crippen molar-refractivity contribution in [2.45, 2.75) is 45.1 Å². The Kier molecular flexibility index (Phi) is 4.46. The van der Waals surface area contributed by atoms with Gasteiger partial charge in [-0.15, -0.1) is 0 Å². The van der Waals surface area contributed by atoms with Gasteiger partial charge in [0.1, 0.15) is 12.4 Å². The minimum atomic E-state index is 0.550. The van der Waals surface area contributed by atoms with E-state index in [2.05, 4.69) is 35.3 Å². The van der Waals surface area contributed by atoms with Gasteiger partial charge in [0.05, 0.1) is 5.69 Å². The fraction of sp³-hybridized carbons (Fsp3) is 0.647. The summed E-state index contributed by atoms with van der Waals surface area (Å²) in [6, 6.07) is 6.98. The summed E-state index contributed by atoms with van der Waals surface area (Å²) < 4.78 is 6.05. The Balaban J connectivity index is 1.57. The molecule has 3 heteroatoms. The van der Waals surface area contributed by atoms with Gasteiger partial charge in [-0.1, -0.05) is 18.6 Å². The number of hydrogen-bond acceptors (Lipinski definition) is 3. The number of piperidine rings is 1. The zero-order valence-electron chi connectivity index (χ0n) is 12.5. The summed E-state index contributed by atoms with van der Waals surface area (Å²) in [6.07, 6.45) is 6.46. The van der Waals surface area contributed by atoms with Gasteiger partial charge >= 0.3 is 0 Å². The molecule has 0 amide bonds. The predicted octanol–water partition coefficient (Wildman–Crippen LogP) is 3.30. The summed E-state index contributed by atoms with van der Waals surface area (Å²) in [5, 5.41) is 3.58. The third kappa shape index (κ3) is 3.26. The van der Waals surface area contributed by atoms with Crippen LogP contribution in [0.15, 0.2) is 18.2 Å². The molecule has 2 aliphatic heterocycles. The maximum atomic E-state index is 6.05. The molecule has 1 aromatic carbocycles. The quantitative estimate of drug-likeness (QED) is 0.911. The van der Waals surface area contributed by atoms with E-state index in [1.807, 2.05) is 0 Å². The summed E-state index contributed by atoms with van der Waals surface area (Å²) in [5.74, 6) is 1.03. The molecule has 2 aliphatic rings. The van der Waals surface area contributed by atoms with E-state index in [1.54, 1.807) is 0 Å². The van der Waals surface area contributed by atoms with Gasteiger partial charge in [-0.3, -0.25) is 4.90 Å². The number of hydrogen-bond donors (Lipinski definition) is 1. The molecular formula is C17H26N2O. The summed E-state index contributed by atoms with van der Waals surface area (Å²) in [7, 11) is 0. The first-order valence-electron chi connectivity index (χ1n) is 8.06. The van der Waals surface area contributed by atoms with Crippen LogP contribution in [0.3, 0.4) is 0 Å². The average Bonchev–Trinajstić information content (AvgIpc) is 2.49. The molecule has 1 unspecified atom stereocenters. The van der Waals surface area contributed by atoms with E-state index < -0.39 is 0 Å². The third-order valence-corrected chi connectivity index (χ3v) is 4.46. The SMILES string of the molecule is CC1CCc2cccc(OCCN3CCCCC3)c2N1. The molecule has 20 heavy (non-hydrogen) atoms. The van der Waals surface area contributed by atoms with E-state index in [0.717, 1.165) is 25.3 Å². The maximum absolute atomic E-state index is 6.05. The maximum Gasteiger partial charge on any atom is 0.142 e. The molecule has 0 spiro atoms. The highest BCUT2D eigenvalue weighted by Crippen LogP contribution is 2.33. The van der Waals surface area contributed by atoms with Crippen LogP contribution in [-0.2, 0) is 6.42 Å². The molecule has 1 fully saturated rings. The molecule has 0 bridgehead atoms. The first-order valence-corrected chi connectivity index (χ1v) is 8.06. The first kappa shape index (κ1) is 13.7. The molecule has 3 nitrogen and oxygen atoms in total. The number of anilines is 1. The van der Waals surface area contributed by atoms with E-state index in [1.165, 1.54) is 50.0 Å². The smallest absolute Gasteiger partial charge is 0.142 e. The fourth-order valence-corrected chi connectivity index (χ4v) is 3.23. The van der Waals surface area contributed by atoms with Gasteiger partial charge < -0.3 is 10.1 Å². The Labute approximate surface area is 122 Å². The van der Waals surface area contributed by atoms with Crippen molar-refractivity contribution in [1.82, 2.24) is 4.90 Å². The second kappa shape index (κ2) is 6.49. The third-order valence-electron chi connectivity index (χ3n) is 4.46. The van der Waals surface area contributed by atoms with E-state index in [0.29, 0.717) is 6.04 Å². The van der Waals surface area contributed by atoms with Crippen LogP contribution in [0.1, 0.15) is 38.2 Å². The number of nitrogens with one attached hydrogen (secondary N) is 1. The number of aryl methyl sites for hydroxylation is 1. The van der Waals surface area contributed by atoms with Crippen molar-refractivity contribution < 1.29 is 4.74 Å². The van der Waals surface area contributed by atoms with Gasteiger partial charge in [-0.25, -0.2) is 0 Å². The van der Waals surface area contributed by atoms with Crippen LogP contribution in [0.4, 0.5) is 5.69 Å². The molecule has 0 saturated carbocycles. The summed E-state index contributed by atoms with van der Waals surface area (Å²) in [5.41, 5.74) is 2.63. The summed E-state index contributed by atoms with van der Waals surface area (Å²) >= 11 is 0. The van der Waals surface area contributed by atoms with Gasteiger partial charge in [0.15, 0.2) is 0 Å². The zero-order valence-corrected chi connectivity index (χ0v) is 12.5. The molecule has 1 atom stereocenters. The van der Waals surface area contributed by atoms with Crippen LogP contribution in [0.2, 0.25) is 0 Å². The topological polar surface area (TPSA) is 24.5 Å². The molecule has 0 aromatic heterocycles. The second-order valence-corrected chi connectivity index (χ2v) is 6.13. The van der Waals surface area contributed by atoms with Gasteiger partial charge in [0, 0.05) is 12.6 Å². The molecule has 0 radical (unpaired) electrons. The highest BCUT2D eigenvalue weighted by atomic mass is 16.5. The van der Waals surface area contributed by atoms with Crippen molar-refractivity contribution in [3.8, 4) is 5.75 Å². The Bertz CT molecular complexity index is 441. The number of fused-ring (bicyclic) bond motifs is 1. The van der Waals surface area contributed by atoms with Crippen molar-refractivity contribution in [1.29, 1.82) is 0 Å². The molecule has 0 aliphatic carbocycles. The van der Waals surface area contributed by atoms with Crippen molar-refractivity contribution in [2.75, 3.05) is 31.6 Å². The Hall–Kier alpha value is -1.22. The molecule has 1 saturated heterocycles. The standard InChI is InChI=1S/C17H26N2O/c1-14-8-9-15-6-5-7-16(17(15)18-14)20-13-12-19-10-3-2-4-11-19/h5-7,14,18H,2-4,8-13H2,1H3. The van der Waals surface area contributed by atoms with Crippen LogP contribution >= 0.6 is 0 Å². The zero-order chi connectivity index (χ0) is 13.8. The number of ether oxygens (including phenoxy) is 1. The lowest BCUT2D eigenvalue weighted by molar-refractivity contribution is 0.183. The Morgan fingerprint density at radius 3 is 2.95 bits per heavy atom. The van der Waals surface area contributed by atoms with Gasteiger partial charge in [0.25, 0.3) is 0 Å². The molecular weight excluding hydrogens is 248 g/mol. The van der Waals surface area contributed by atoms with Crippen LogP contribution in [-0.4, -0.2) is 37.2 Å². The lowest BCUT2D eigenvalue weighted by atomic mass is 9.98. The number of rotatable bonds is 4. The Morgan fingerprint density at radius 1 is 1.25 bits per heavy atom. The number of para-hydroxylation sites is 1. The van der Waals surface area contributed by atoms with Crippen LogP contribution in [0, 0.1) is 0 Å². The minimum Gasteiger partial charge on any atom is -0.490 e. The highest BCUT2D eigenvalue weighted by Gasteiger charge is 2.18. The second-order valence-electron chi connectivity index (χ2n) is 6.13. The normalized spacial score (nSPS) is 22.9. The fourth-order valence-electron chi connectivity index (χ4n) is 3.23. The molecule has 110 valence electrons. The monoisotopic (exact) mass is 274 g/mol. The minimum absolute atomic E-state index is 0.550. The molecule has 3 rings (SSSR count). The highest BCUT2D eigenvalue weighted by molar-refractivity contribution is 5.63. The van der Waals surface area contributed by atoms with E-state index in [4.69, 9.17) is 4.74 Å². The van der Waals surface area contributed by atoms with Crippen molar-refractivity contribution in [3.63, 3.8) is 0 Å². The predicted molar refractivity (Wildman–Crippen MR) is 83.6 cm³/mol. The lowest BCUT2D eigenvalue weighted by Crippen LogP contribution is -2.33. The van der Waals surface area contributed by atoms with Crippen molar-refractivity contribution >= 4 is 5.69 Å². The average molecular weight is 274 g/mol. The first-order chi connectivity index (χ1) is 9.83. The largest absolute Gasteiger partial charge is 0.490 e. The van der Waals surface area contributed by atoms with Gasteiger partial charge in [0.2, 0.25) is 0 Å². The van der Waals surface area contributed by atoms with E-state index >= 15 is 0 Å². The molecule has 1 N–H and O–H groups in total. The van der Waals surface area contributed by atoms with Gasteiger partial charge in [-0.05, 0) is 57.3 Å². The Morgan fingerprint density at radius 2 is 2.10 bits per heavy atom. The van der Waals surface area contributed by atoms with Crippen molar-refractivity contribution in [2.24, 2.45) is 0 Å². The van der Waals surface area contributed by atoms with E-state index in [9.17, 15) is 0 Å².